The zero-order chi connectivity index (χ0) is 14.5. The number of nitrogens with zero attached hydrogens (tertiary/aromatic N) is 2. The van der Waals surface area contributed by atoms with Crippen molar-refractivity contribution in [3.8, 4) is 0 Å². The lowest BCUT2D eigenvalue weighted by molar-refractivity contribution is -0.0546. The highest BCUT2D eigenvalue weighted by Crippen LogP contribution is 2.36. The molecule has 0 amide bonds. The molecule has 2 aliphatic heterocycles. The number of piperidine rings is 1. The van der Waals surface area contributed by atoms with Crippen LogP contribution in [0, 0.1) is 0 Å². The molecule has 1 spiro atoms. The SMILES string of the molecule is C=CCOC1COC2(CCCN(Cc3ccccn3)C2)C1. The van der Waals surface area contributed by atoms with Crippen molar-refractivity contribution in [3.05, 3.63) is 42.7 Å². The van der Waals surface area contributed by atoms with Crippen molar-refractivity contribution < 1.29 is 9.47 Å². The predicted octanol–water partition coefficient (Wildman–Crippen LogP) is 2.41. The minimum atomic E-state index is -0.0150. The first-order valence-electron chi connectivity index (χ1n) is 7.78. The van der Waals surface area contributed by atoms with Gasteiger partial charge in [-0.15, -0.1) is 6.58 Å². The maximum Gasteiger partial charge on any atom is 0.0841 e. The number of aromatic nitrogens is 1. The Kier molecular flexibility index (Phi) is 4.68. The van der Waals surface area contributed by atoms with Crippen LogP contribution in [0.2, 0.25) is 0 Å². The summed E-state index contributed by atoms with van der Waals surface area (Å²) in [5, 5.41) is 0. The molecule has 4 heteroatoms. The van der Waals surface area contributed by atoms with Gasteiger partial charge in [0.1, 0.15) is 0 Å². The summed E-state index contributed by atoms with van der Waals surface area (Å²) < 4.78 is 11.9. The Labute approximate surface area is 126 Å². The Bertz CT molecular complexity index is 465. The molecule has 2 unspecified atom stereocenters. The van der Waals surface area contributed by atoms with Crippen LogP contribution < -0.4 is 0 Å². The Morgan fingerprint density at radius 2 is 2.48 bits per heavy atom. The molecule has 1 aromatic heterocycles. The topological polar surface area (TPSA) is 34.6 Å². The summed E-state index contributed by atoms with van der Waals surface area (Å²) in [5.74, 6) is 0. The molecule has 0 bridgehead atoms. The van der Waals surface area contributed by atoms with Crippen LogP contribution in [-0.4, -0.2) is 47.9 Å². The highest BCUT2D eigenvalue weighted by atomic mass is 16.6. The van der Waals surface area contributed by atoms with E-state index < -0.39 is 0 Å². The van der Waals surface area contributed by atoms with E-state index in [0.717, 1.165) is 38.2 Å². The molecule has 114 valence electrons. The van der Waals surface area contributed by atoms with E-state index in [9.17, 15) is 0 Å². The quantitative estimate of drug-likeness (QED) is 0.779. The number of hydrogen-bond acceptors (Lipinski definition) is 4. The molecule has 2 atom stereocenters. The van der Waals surface area contributed by atoms with Crippen molar-refractivity contribution in [3.63, 3.8) is 0 Å². The molecule has 2 fully saturated rings. The summed E-state index contributed by atoms with van der Waals surface area (Å²) in [7, 11) is 0. The van der Waals surface area contributed by atoms with Crippen LogP contribution in [0.5, 0.6) is 0 Å². The third kappa shape index (κ3) is 3.70. The van der Waals surface area contributed by atoms with Crippen LogP contribution in [-0.2, 0) is 16.0 Å². The van der Waals surface area contributed by atoms with Crippen molar-refractivity contribution in [2.75, 3.05) is 26.3 Å². The van der Waals surface area contributed by atoms with Gasteiger partial charge in [-0.1, -0.05) is 12.1 Å². The van der Waals surface area contributed by atoms with E-state index in [0.29, 0.717) is 13.2 Å². The van der Waals surface area contributed by atoms with Gasteiger partial charge in [0.05, 0.1) is 30.6 Å². The zero-order valence-electron chi connectivity index (χ0n) is 12.5. The summed E-state index contributed by atoms with van der Waals surface area (Å²) in [6.07, 6.45) is 7.21. The molecule has 3 heterocycles. The highest BCUT2D eigenvalue weighted by molar-refractivity contribution is 5.04. The van der Waals surface area contributed by atoms with E-state index in [2.05, 4.69) is 22.5 Å². The molecule has 0 radical (unpaired) electrons. The fraction of sp³-hybridized carbons (Fsp3) is 0.588. The lowest BCUT2D eigenvalue weighted by atomic mass is 9.89. The van der Waals surface area contributed by atoms with Crippen LogP contribution in [0.3, 0.4) is 0 Å². The minimum Gasteiger partial charge on any atom is -0.372 e. The molecule has 2 saturated heterocycles. The third-order valence-corrected chi connectivity index (χ3v) is 4.36. The first kappa shape index (κ1) is 14.7. The molecule has 21 heavy (non-hydrogen) atoms. The van der Waals surface area contributed by atoms with E-state index in [1.54, 1.807) is 6.08 Å². The average Bonchev–Trinajstić information content (AvgIpc) is 2.89. The van der Waals surface area contributed by atoms with Gasteiger partial charge in [-0.05, 0) is 31.5 Å². The maximum absolute atomic E-state index is 6.14. The van der Waals surface area contributed by atoms with Gasteiger partial charge in [0.2, 0.25) is 0 Å². The molecule has 0 saturated carbocycles. The van der Waals surface area contributed by atoms with Crippen molar-refractivity contribution in [2.24, 2.45) is 0 Å². The highest BCUT2D eigenvalue weighted by Gasteiger charge is 2.43. The molecule has 2 aliphatic rings. The second kappa shape index (κ2) is 6.69. The molecular formula is C17H24N2O2. The van der Waals surface area contributed by atoms with Crippen molar-refractivity contribution in [1.29, 1.82) is 0 Å². The van der Waals surface area contributed by atoms with Crippen molar-refractivity contribution >= 4 is 0 Å². The second-order valence-electron chi connectivity index (χ2n) is 6.08. The Hall–Kier alpha value is -1.23. The molecule has 3 rings (SSSR count). The van der Waals surface area contributed by atoms with Gasteiger partial charge in [-0.25, -0.2) is 0 Å². The van der Waals surface area contributed by atoms with E-state index in [4.69, 9.17) is 9.47 Å². The monoisotopic (exact) mass is 288 g/mol. The van der Waals surface area contributed by atoms with Gasteiger partial charge in [0, 0.05) is 25.7 Å². The van der Waals surface area contributed by atoms with Crippen molar-refractivity contribution in [1.82, 2.24) is 9.88 Å². The zero-order valence-corrected chi connectivity index (χ0v) is 12.5. The number of pyridine rings is 1. The number of rotatable bonds is 5. The smallest absolute Gasteiger partial charge is 0.0841 e. The van der Waals surface area contributed by atoms with Gasteiger partial charge in [-0.3, -0.25) is 9.88 Å². The molecular weight excluding hydrogens is 264 g/mol. The van der Waals surface area contributed by atoms with Crippen LogP contribution in [0.25, 0.3) is 0 Å². The van der Waals surface area contributed by atoms with Crippen LogP contribution in [0.15, 0.2) is 37.1 Å². The normalized spacial score (nSPS) is 29.8. The van der Waals surface area contributed by atoms with Crippen molar-refractivity contribution in [2.45, 2.75) is 37.5 Å². The summed E-state index contributed by atoms with van der Waals surface area (Å²) in [6.45, 7) is 8.05. The second-order valence-corrected chi connectivity index (χ2v) is 6.08. The largest absolute Gasteiger partial charge is 0.372 e. The molecule has 0 aromatic carbocycles. The number of hydrogen-bond donors (Lipinski definition) is 0. The van der Waals surface area contributed by atoms with Gasteiger partial charge in [0.25, 0.3) is 0 Å². The summed E-state index contributed by atoms with van der Waals surface area (Å²) in [4.78, 5) is 6.89. The van der Waals surface area contributed by atoms with E-state index >= 15 is 0 Å². The van der Waals surface area contributed by atoms with Crippen LogP contribution in [0.1, 0.15) is 25.0 Å². The molecule has 1 aromatic rings. The minimum absolute atomic E-state index is 0.0150. The lowest BCUT2D eigenvalue weighted by Gasteiger charge is -2.39. The maximum atomic E-state index is 6.14. The van der Waals surface area contributed by atoms with E-state index in [1.807, 2.05) is 18.3 Å². The Balaban J connectivity index is 1.57. The van der Waals surface area contributed by atoms with Gasteiger partial charge in [0.15, 0.2) is 0 Å². The predicted molar refractivity (Wildman–Crippen MR) is 82.0 cm³/mol. The summed E-state index contributed by atoms with van der Waals surface area (Å²) in [6, 6.07) is 6.10. The molecule has 0 N–H and O–H groups in total. The first-order valence-corrected chi connectivity index (χ1v) is 7.78. The first-order chi connectivity index (χ1) is 10.3. The molecule has 4 nitrogen and oxygen atoms in total. The van der Waals surface area contributed by atoms with Gasteiger partial charge in [-0.2, -0.15) is 0 Å². The lowest BCUT2D eigenvalue weighted by Crippen LogP contribution is -2.47. The summed E-state index contributed by atoms with van der Waals surface area (Å²) in [5.41, 5.74) is 1.12. The van der Waals surface area contributed by atoms with E-state index in [-0.39, 0.29) is 11.7 Å². The molecule has 0 aliphatic carbocycles. The average molecular weight is 288 g/mol. The Morgan fingerprint density at radius 3 is 3.29 bits per heavy atom. The van der Waals surface area contributed by atoms with E-state index in [1.165, 1.54) is 6.42 Å². The van der Waals surface area contributed by atoms with Gasteiger partial charge < -0.3 is 9.47 Å². The summed E-state index contributed by atoms with van der Waals surface area (Å²) >= 11 is 0. The van der Waals surface area contributed by atoms with Crippen LogP contribution >= 0.6 is 0 Å². The standard InChI is InChI=1S/C17H24N2O2/c1-2-10-20-16-11-17(21-13-16)7-5-9-19(14-17)12-15-6-3-4-8-18-15/h2-4,6,8,16H,1,5,7,9-14H2. The van der Waals surface area contributed by atoms with Gasteiger partial charge >= 0.3 is 0 Å². The van der Waals surface area contributed by atoms with Crippen LogP contribution in [0.4, 0.5) is 0 Å². The number of likely N-dealkylation sites (tertiary alicyclic amines) is 1. The fourth-order valence-electron chi connectivity index (χ4n) is 3.44. The number of ether oxygens (including phenoxy) is 2. The third-order valence-electron chi connectivity index (χ3n) is 4.36. The Morgan fingerprint density at radius 1 is 1.52 bits per heavy atom. The fourth-order valence-corrected chi connectivity index (χ4v) is 3.44.